The van der Waals surface area contributed by atoms with Crippen molar-refractivity contribution >= 4 is 34.6 Å². The van der Waals surface area contributed by atoms with E-state index < -0.39 is 0 Å². The number of halogens is 1. The van der Waals surface area contributed by atoms with Crippen LogP contribution in [0.4, 0.5) is 11.5 Å². The van der Waals surface area contributed by atoms with E-state index >= 15 is 0 Å². The van der Waals surface area contributed by atoms with Gasteiger partial charge in [-0.25, -0.2) is 0 Å². The summed E-state index contributed by atoms with van der Waals surface area (Å²) in [4.78, 5) is 14.4. The van der Waals surface area contributed by atoms with Gasteiger partial charge in [0.25, 0.3) is 5.91 Å². The van der Waals surface area contributed by atoms with E-state index in [1.165, 1.54) is 0 Å². The molecule has 0 fully saturated rings. The molecule has 0 aliphatic carbocycles. The van der Waals surface area contributed by atoms with Gasteiger partial charge >= 0.3 is 0 Å². The van der Waals surface area contributed by atoms with Crippen LogP contribution >= 0.6 is 11.6 Å². The highest BCUT2D eigenvalue weighted by Crippen LogP contribution is 2.33. The highest BCUT2D eigenvalue weighted by atomic mass is 35.5. The Morgan fingerprint density at radius 1 is 1.16 bits per heavy atom. The second-order valence-electron chi connectivity index (χ2n) is 7.95. The van der Waals surface area contributed by atoms with Gasteiger partial charge in [-0.15, -0.1) is 0 Å². The number of H-pyrrole nitrogens is 1. The standard InChI is InChI=1S/C24H26ClN5O2/c1-30(2)10-3-11-32-19-7-4-16(5-8-19)12-18-14-23(29-28-18)26-15-21-20-13-17(25)6-9-22(20)27-24(21)31/h4-9,13-15H,3,10-12H2,1-2H3,(H,27,31)(H2,26,28,29)/b21-15+. The molecule has 4 rings (SSSR count). The molecule has 2 aromatic carbocycles. The number of hydrogen-bond donors (Lipinski definition) is 3. The van der Waals surface area contributed by atoms with E-state index in [1.807, 2.05) is 18.2 Å². The third-order valence-electron chi connectivity index (χ3n) is 5.09. The Bertz CT molecular complexity index is 1120. The van der Waals surface area contributed by atoms with Crippen molar-refractivity contribution in [3.05, 3.63) is 76.6 Å². The number of ether oxygens (including phenoxy) is 1. The van der Waals surface area contributed by atoms with Crippen LogP contribution in [0.3, 0.4) is 0 Å². The van der Waals surface area contributed by atoms with E-state index in [9.17, 15) is 4.79 Å². The van der Waals surface area contributed by atoms with Crippen LogP contribution in [0.25, 0.3) is 5.57 Å². The average molecular weight is 452 g/mol. The first-order valence-corrected chi connectivity index (χ1v) is 10.8. The Morgan fingerprint density at radius 2 is 1.97 bits per heavy atom. The van der Waals surface area contributed by atoms with Gasteiger partial charge in [0.1, 0.15) is 11.6 Å². The van der Waals surface area contributed by atoms with Crippen LogP contribution in [-0.4, -0.2) is 48.3 Å². The van der Waals surface area contributed by atoms with Crippen molar-refractivity contribution in [3.8, 4) is 5.75 Å². The Morgan fingerprint density at radius 3 is 2.75 bits per heavy atom. The van der Waals surface area contributed by atoms with Crippen molar-refractivity contribution < 1.29 is 9.53 Å². The highest BCUT2D eigenvalue weighted by Gasteiger charge is 2.24. The Balaban J connectivity index is 1.33. The van der Waals surface area contributed by atoms with Crippen molar-refractivity contribution in [3.63, 3.8) is 0 Å². The van der Waals surface area contributed by atoms with E-state index in [1.54, 1.807) is 24.4 Å². The number of fused-ring (bicyclic) bond motifs is 1. The van der Waals surface area contributed by atoms with Gasteiger partial charge in [0, 0.05) is 41.5 Å². The molecule has 1 aliphatic rings. The first-order chi connectivity index (χ1) is 15.5. The first-order valence-electron chi connectivity index (χ1n) is 10.5. The SMILES string of the molecule is CN(C)CCCOc1ccc(Cc2cc(N/C=C3/C(=O)Nc4ccc(Cl)cc43)[nH]n2)cc1. The lowest BCUT2D eigenvalue weighted by Crippen LogP contribution is -2.15. The summed E-state index contributed by atoms with van der Waals surface area (Å²) < 4.78 is 5.78. The van der Waals surface area contributed by atoms with E-state index in [0.29, 0.717) is 29.4 Å². The second-order valence-corrected chi connectivity index (χ2v) is 8.38. The Labute approximate surface area is 192 Å². The number of carbonyl (C=O) groups excluding carboxylic acids is 1. The van der Waals surface area contributed by atoms with Crippen molar-refractivity contribution in [2.45, 2.75) is 12.8 Å². The van der Waals surface area contributed by atoms with E-state index in [2.05, 4.69) is 52.0 Å². The summed E-state index contributed by atoms with van der Waals surface area (Å²) in [6.45, 7) is 1.71. The van der Waals surface area contributed by atoms with E-state index in [0.717, 1.165) is 41.2 Å². The third kappa shape index (κ3) is 5.49. The molecule has 1 aliphatic heterocycles. The van der Waals surface area contributed by atoms with Crippen LogP contribution in [-0.2, 0) is 11.2 Å². The van der Waals surface area contributed by atoms with Crippen molar-refractivity contribution in [2.75, 3.05) is 37.9 Å². The molecule has 1 aromatic heterocycles. The number of rotatable bonds is 9. The summed E-state index contributed by atoms with van der Waals surface area (Å²) in [6, 6.07) is 15.3. The van der Waals surface area contributed by atoms with E-state index in [4.69, 9.17) is 16.3 Å². The van der Waals surface area contributed by atoms with Gasteiger partial charge < -0.3 is 20.3 Å². The Hall–Kier alpha value is -3.29. The van der Waals surface area contributed by atoms with Crippen LogP contribution in [0.5, 0.6) is 5.75 Å². The van der Waals surface area contributed by atoms with Gasteiger partial charge in [0.05, 0.1) is 17.9 Å². The van der Waals surface area contributed by atoms with Gasteiger partial charge in [-0.1, -0.05) is 23.7 Å². The molecule has 0 unspecified atom stereocenters. The number of amides is 1. The summed E-state index contributed by atoms with van der Waals surface area (Å²) in [7, 11) is 4.12. The van der Waals surface area contributed by atoms with Gasteiger partial charge in [-0.2, -0.15) is 5.10 Å². The third-order valence-corrected chi connectivity index (χ3v) is 5.33. The Kier molecular flexibility index (Phi) is 6.78. The summed E-state index contributed by atoms with van der Waals surface area (Å²) in [5.41, 5.74) is 4.09. The zero-order valence-corrected chi connectivity index (χ0v) is 18.9. The number of aromatic amines is 1. The largest absolute Gasteiger partial charge is 0.494 e. The predicted molar refractivity (Wildman–Crippen MR) is 128 cm³/mol. The summed E-state index contributed by atoms with van der Waals surface area (Å²) in [6.07, 6.45) is 3.35. The topological polar surface area (TPSA) is 82.3 Å². The maximum absolute atomic E-state index is 12.2. The molecule has 7 nitrogen and oxygen atoms in total. The highest BCUT2D eigenvalue weighted by molar-refractivity contribution is 6.34. The molecule has 8 heteroatoms. The molecule has 0 saturated carbocycles. The fourth-order valence-electron chi connectivity index (χ4n) is 3.46. The van der Waals surface area contributed by atoms with Crippen LogP contribution in [0.15, 0.2) is 54.7 Å². The fraction of sp³-hybridized carbons (Fsp3) is 0.250. The van der Waals surface area contributed by atoms with Crippen LogP contribution in [0.1, 0.15) is 23.2 Å². The van der Waals surface area contributed by atoms with Crippen LogP contribution in [0, 0.1) is 0 Å². The van der Waals surface area contributed by atoms with E-state index in [-0.39, 0.29) is 5.91 Å². The minimum Gasteiger partial charge on any atom is -0.494 e. The molecule has 3 aromatic rings. The van der Waals surface area contributed by atoms with Crippen molar-refractivity contribution in [2.24, 2.45) is 0 Å². The zero-order chi connectivity index (χ0) is 22.5. The number of nitrogens with one attached hydrogen (secondary N) is 3. The monoisotopic (exact) mass is 451 g/mol. The first kappa shape index (κ1) is 21.9. The molecule has 0 saturated heterocycles. The van der Waals surface area contributed by atoms with Gasteiger partial charge in [0.15, 0.2) is 0 Å². The normalized spacial score (nSPS) is 14.0. The molecule has 166 valence electrons. The molecule has 3 N–H and O–H groups in total. The number of hydrogen-bond acceptors (Lipinski definition) is 5. The minimum absolute atomic E-state index is 0.168. The van der Waals surface area contributed by atoms with Gasteiger partial charge in [-0.05, 0) is 56.4 Å². The molecule has 2 heterocycles. The average Bonchev–Trinajstić information content (AvgIpc) is 3.33. The fourth-order valence-corrected chi connectivity index (χ4v) is 3.64. The lowest BCUT2D eigenvalue weighted by atomic mass is 10.1. The van der Waals surface area contributed by atoms with Crippen LogP contribution < -0.4 is 15.4 Å². The molecule has 32 heavy (non-hydrogen) atoms. The summed E-state index contributed by atoms with van der Waals surface area (Å²) in [5, 5.41) is 13.9. The quantitative estimate of drug-likeness (QED) is 0.332. The molecule has 1 amide bonds. The number of nitrogens with zero attached hydrogens (tertiary/aromatic N) is 2. The number of carbonyl (C=O) groups is 1. The maximum atomic E-state index is 12.2. The number of aromatic nitrogens is 2. The second kappa shape index (κ2) is 9.89. The van der Waals surface area contributed by atoms with Gasteiger partial charge in [0.2, 0.25) is 0 Å². The summed E-state index contributed by atoms with van der Waals surface area (Å²) >= 11 is 6.07. The number of anilines is 2. The lowest BCUT2D eigenvalue weighted by Gasteiger charge is -2.10. The molecular weight excluding hydrogens is 426 g/mol. The van der Waals surface area contributed by atoms with Crippen molar-refractivity contribution in [1.82, 2.24) is 15.1 Å². The summed E-state index contributed by atoms with van der Waals surface area (Å²) in [5.74, 6) is 1.41. The molecular formula is C24H26ClN5O2. The predicted octanol–water partition coefficient (Wildman–Crippen LogP) is 4.39. The van der Waals surface area contributed by atoms with Crippen LogP contribution in [0.2, 0.25) is 5.02 Å². The molecule has 0 atom stereocenters. The molecule has 0 spiro atoms. The lowest BCUT2D eigenvalue weighted by molar-refractivity contribution is -0.110. The van der Waals surface area contributed by atoms with Gasteiger partial charge in [-0.3, -0.25) is 9.89 Å². The molecule has 0 radical (unpaired) electrons. The minimum atomic E-state index is -0.168. The smallest absolute Gasteiger partial charge is 0.257 e. The number of benzene rings is 2. The maximum Gasteiger partial charge on any atom is 0.257 e. The molecule has 0 bridgehead atoms. The van der Waals surface area contributed by atoms with Crippen molar-refractivity contribution in [1.29, 1.82) is 0 Å². The zero-order valence-electron chi connectivity index (χ0n) is 18.1.